The first kappa shape index (κ1) is 13.1. The molecule has 0 saturated heterocycles. The Labute approximate surface area is 111 Å². The van der Waals surface area contributed by atoms with Crippen LogP contribution < -0.4 is 0 Å². The highest BCUT2D eigenvalue weighted by atomic mass is 35.5. The van der Waals surface area contributed by atoms with E-state index in [9.17, 15) is 4.79 Å². The van der Waals surface area contributed by atoms with Crippen molar-refractivity contribution in [1.29, 1.82) is 0 Å². The number of ether oxygens (including phenoxy) is 1. The van der Waals surface area contributed by atoms with Gasteiger partial charge in [-0.25, -0.2) is 9.78 Å². The number of fused-ring (bicyclic) bond motifs is 1. The summed E-state index contributed by atoms with van der Waals surface area (Å²) in [5.74, 6) is 0. The molecule has 1 aromatic rings. The Morgan fingerprint density at radius 2 is 2.17 bits per heavy atom. The van der Waals surface area contributed by atoms with Gasteiger partial charge in [0.15, 0.2) is 0 Å². The second kappa shape index (κ2) is 4.72. The van der Waals surface area contributed by atoms with E-state index in [1.807, 2.05) is 20.8 Å². The largest absolute Gasteiger partial charge is 0.444 e. The predicted molar refractivity (Wildman–Crippen MR) is 67.4 cm³/mol. The zero-order valence-corrected chi connectivity index (χ0v) is 11.5. The minimum Gasteiger partial charge on any atom is -0.444 e. The minimum absolute atomic E-state index is 0.315. The van der Waals surface area contributed by atoms with E-state index in [2.05, 4.69) is 9.97 Å². The van der Waals surface area contributed by atoms with E-state index < -0.39 is 5.60 Å². The lowest BCUT2D eigenvalue weighted by Gasteiger charge is -2.30. The second-order valence-electron chi connectivity index (χ2n) is 5.24. The normalized spacial score (nSPS) is 15.2. The predicted octanol–water partition coefficient (Wildman–Crippen LogP) is 2.42. The zero-order chi connectivity index (χ0) is 13.3. The fourth-order valence-corrected chi connectivity index (χ4v) is 1.89. The van der Waals surface area contributed by atoms with Crippen LogP contribution in [0.3, 0.4) is 0 Å². The molecule has 1 aliphatic rings. The van der Waals surface area contributed by atoms with Gasteiger partial charge in [0.2, 0.25) is 0 Å². The molecule has 2 rings (SSSR count). The quantitative estimate of drug-likeness (QED) is 0.726. The number of halogens is 1. The molecule has 0 radical (unpaired) electrons. The Morgan fingerprint density at radius 1 is 1.44 bits per heavy atom. The molecular formula is C12H16ClN3O2. The number of nitrogens with zero attached hydrogens (tertiary/aromatic N) is 3. The highest BCUT2D eigenvalue weighted by molar-refractivity contribution is 6.29. The molecule has 0 N–H and O–H groups in total. The monoisotopic (exact) mass is 269 g/mol. The molecule has 18 heavy (non-hydrogen) atoms. The van der Waals surface area contributed by atoms with E-state index in [0.717, 1.165) is 11.4 Å². The Balaban J connectivity index is 2.08. The number of amides is 1. The average Bonchev–Trinajstić information content (AvgIpc) is 2.26. The van der Waals surface area contributed by atoms with Gasteiger partial charge >= 0.3 is 6.09 Å². The van der Waals surface area contributed by atoms with Crippen LogP contribution in [0.4, 0.5) is 4.79 Å². The maximum absolute atomic E-state index is 11.9. The van der Waals surface area contributed by atoms with E-state index in [0.29, 0.717) is 24.7 Å². The highest BCUT2D eigenvalue weighted by Gasteiger charge is 2.26. The molecule has 1 aliphatic heterocycles. The summed E-state index contributed by atoms with van der Waals surface area (Å²) in [6, 6.07) is 0. The lowest BCUT2D eigenvalue weighted by molar-refractivity contribution is 0.0219. The van der Waals surface area contributed by atoms with Crippen LogP contribution in [0.2, 0.25) is 5.15 Å². The lowest BCUT2D eigenvalue weighted by Crippen LogP contribution is -2.40. The summed E-state index contributed by atoms with van der Waals surface area (Å²) in [5, 5.41) is 0.388. The van der Waals surface area contributed by atoms with Crippen LogP contribution in [0.15, 0.2) is 6.20 Å². The van der Waals surface area contributed by atoms with Crippen LogP contribution >= 0.6 is 11.6 Å². The van der Waals surface area contributed by atoms with Gasteiger partial charge in [0.05, 0.1) is 24.1 Å². The molecule has 0 atom stereocenters. The van der Waals surface area contributed by atoms with E-state index in [-0.39, 0.29) is 6.09 Å². The van der Waals surface area contributed by atoms with Crippen molar-refractivity contribution in [3.63, 3.8) is 0 Å². The molecular weight excluding hydrogens is 254 g/mol. The topological polar surface area (TPSA) is 55.3 Å². The van der Waals surface area contributed by atoms with E-state index >= 15 is 0 Å². The molecule has 2 heterocycles. The third-order valence-corrected chi connectivity index (χ3v) is 2.69. The van der Waals surface area contributed by atoms with Gasteiger partial charge in [-0.15, -0.1) is 0 Å². The van der Waals surface area contributed by atoms with Crippen LogP contribution in [0.25, 0.3) is 0 Å². The summed E-state index contributed by atoms with van der Waals surface area (Å²) in [4.78, 5) is 22.0. The SMILES string of the molecule is CC(C)(C)OC(=O)N1CCc2nc(Cl)cnc2C1. The maximum Gasteiger partial charge on any atom is 0.410 e. The van der Waals surface area contributed by atoms with Crippen molar-refractivity contribution in [2.75, 3.05) is 6.54 Å². The lowest BCUT2D eigenvalue weighted by atomic mass is 10.1. The smallest absolute Gasteiger partial charge is 0.410 e. The Kier molecular flexibility index (Phi) is 3.43. The number of carbonyl (C=O) groups excluding carboxylic acids is 1. The number of aromatic nitrogens is 2. The Bertz CT molecular complexity index is 471. The first-order chi connectivity index (χ1) is 8.35. The van der Waals surface area contributed by atoms with Crippen molar-refractivity contribution in [2.45, 2.75) is 39.3 Å². The van der Waals surface area contributed by atoms with Crippen LogP contribution in [-0.4, -0.2) is 33.1 Å². The van der Waals surface area contributed by atoms with E-state index in [1.165, 1.54) is 6.20 Å². The molecule has 0 aliphatic carbocycles. The Morgan fingerprint density at radius 3 is 2.83 bits per heavy atom. The fourth-order valence-electron chi connectivity index (χ4n) is 1.74. The van der Waals surface area contributed by atoms with Gasteiger partial charge in [0.25, 0.3) is 0 Å². The number of carbonyl (C=O) groups is 1. The van der Waals surface area contributed by atoms with Crippen molar-refractivity contribution < 1.29 is 9.53 Å². The molecule has 98 valence electrons. The van der Waals surface area contributed by atoms with E-state index in [4.69, 9.17) is 16.3 Å². The van der Waals surface area contributed by atoms with Crippen molar-refractivity contribution in [3.05, 3.63) is 22.7 Å². The van der Waals surface area contributed by atoms with Crippen molar-refractivity contribution in [3.8, 4) is 0 Å². The summed E-state index contributed by atoms with van der Waals surface area (Å²) in [6.07, 6.45) is 1.84. The van der Waals surface area contributed by atoms with Gasteiger partial charge < -0.3 is 9.64 Å². The Hall–Kier alpha value is -1.36. The van der Waals surface area contributed by atoms with Crippen LogP contribution in [0.5, 0.6) is 0 Å². The molecule has 1 aromatic heterocycles. The van der Waals surface area contributed by atoms with Gasteiger partial charge in [0, 0.05) is 13.0 Å². The third-order valence-electron chi connectivity index (χ3n) is 2.51. The maximum atomic E-state index is 11.9. The van der Waals surface area contributed by atoms with Crippen molar-refractivity contribution in [2.24, 2.45) is 0 Å². The third kappa shape index (κ3) is 3.10. The molecule has 0 saturated carbocycles. The molecule has 0 spiro atoms. The fraction of sp³-hybridized carbons (Fsp3) is 0.583. The number of hydrogen-bond donors (Lipinski definition) is 0. The number of hydrogen-bond acceptors (Lipinski definition) is 4. The molecule has 5 nitrogen and oxygen atoms in total. The molecule has 0 unspecified atom stereocenters. The molecule has 6 heteroatoms. The van der Waals surface area contributed by atoms with Gasteiger partial charge in [-0.2, -0.15) is 0 Å². The van der Waals surface area contributed by atoms with Crippen molar-refractivity contribution in [1.82, 2.24) is 14.9 Å². The molecule has 0 aromatic carbocycles. The number of rotatable bonds is 0. The van der Waals surface area contributed by atoms with Crippen LogP contribution in [0.1, 0.15) is 32.2 Å². The first-order valence-electron chi connectivity index (χ1n) is 5.83. The first-order valence-corrected chi connectivity index (χ1v) is 6.21. The van der Waals surface area contributed by atoms with Crippen LogP contribution in [0, 0.1) is 0 Å². The molecule has 0 fully saturated rings. The molecule has 0 bridgehead atoms. The summed E-state index contributed by atoms with van der Waals surface area (Å²) in [5.41, 5.74) is 1.17. The highest BCUT2D eigenvalue weighted by Crippen LogP contribution is 2.19. The van der Waals surface area contributed by atoms with Crippen LogP contribution in [-0.2, 0) is 17.7 Å². The average molecular weight is 270 g/mol. The zero-order valence-electron chi connectivity index (χ0n) is 10.7. The van der Waals surface area contributed by atoms with E-state index in [1.54, 1.807) is 4.90 Å². The van der Waals surface area contributed by atoms with Gasteiger partial charge in [-0.3, -0.25) is 4.98 Å². The standard InChI is InChI=1S/C12H16ClN3O2/c1-12(2,3)18-11(17)16-5-4-8-9(7-16)14-6-10(13)15-8/h6H,4-5,7H2,1-3H3. The molecule has 1 amide bonds. The summed E-state index contributed by atoms with van der Waals surface area (Å²) in [7, 11) is 0. The minimum atomic E-state index is -0.483. The van der Waals surface area contributed by atoms with Gasteiger partial charge in [0.1, 0.15) is 10.8 Å². The second-order valence-corrected chi connectivity index (χ2v) is 5.63. The summed E-state index contributed by atoms with van der Waals surface area (Å²) >= 11 is 5.78. The van der Waals surface area contributed by atoms with Gasteiger partial charge in [-0.05, 0) is 20.8 Å². The van der Waals surface area contributed by atoms with Crippen molar-refractivity contribution >= 4 is 17.7 Å². The summed E-state index contributed by atoms with van der Waals surface area (Å²) in [6.45, 7) is 6.55. The summed E-state index contributed by atoms with van der Waals surface area (Å²) < 4.78 is 5.33. The van der Waals surface area contributed by atoms with Gasteiger partial charge in [-0.1, -0.05) is 11.6 Å².